The summed E-state index contributed by atoms with van der Waals surface area (Å²) in [5.41, 5.74) is 1.38. The van der Waals surface area contributed by atoms with E-state index in [9.17, 15) is 17.6 Å². The lowest BCUT2D eigenvalue weighted by Gasteiger charge is -2.10. The first-order valence-electron chi connectivity index (χ1n) is 6.82. The van der Waals surface area contributed by atoms with Crippen molar-refractivity contribution in [3.05, 3.63) is 70.5 Å². The van der Waals surface area contributed by atoms with Gasteiger partial charge in [0.1, 0.15) is 5.82 Å². The van der Waals surface area contributed by atoms with E-state index in [1.807, 2.05) is 6.07 Å². The fraction of sp³-hybridized carbons (Fsp3) is 0.188. The highest BCUT2D eigenvalue weighted by Crippen LogP contribution is 2.13. The molecule has 23 heavy (non-hydrogen) atoms. The first-order chi connectivity index (χ1) is 10.8. The Hall–Kier alpha value is -2.25. The standard InChI is InChI=1S/C16H16FNO4S/c1-11-4-2-3-5-13(11)10-23(21,22)18-9-14-8-12(16(19)20)6-7-15(14)17/h2-8,18H,9-10H2,1H3,(H,19,20). The molecule has 0 saturated carbocycles. The molecule has 0 aromatic heterocycles. The van der Waals surface area contributed by atoms with Crippen LogP contribution in [0.15, 0.2) is 42.5 Å². The summed E-state index contributed by atoms with van der Waals surface area (Å²) in [6.45, 7) is 1.50. The van der Waals surface area contributed by atoms with Gasteiger partial charge in [0.05, 0.1) is 11.3 Å². The van der Waals surface area contributed by atoms with Crippen molar-refractivity contribution in [3.8, 4) is 0 Å². The molecule has 2 aromatic carbocycles. The molecule has 0 bridgehead atoms. The van der Waals surface area contributed by atoms with Crippen LogP contribution < -0.4 is 4.72 Å². The van der Waals surface area contributed by atoms with Crippen molar-refractivity contribution < 1.29 is 22.7 Å². The van der Waals surface area contributed by atoms with Crippen LogP contribution in [0.25, 0.3) is 0 Å². The average molecular weight is 337 g/mol. The van der Waals surface area contributed by atoms with Crippen LogP contribution in [0, 0.1) is 12.7 Å². The fourth-order valence-corrected chi connectivity index (χ4v) is 3.27. The van der Waals surface area contributed by atoms with Gasteiger partial charge in [-0.25, -0.2) is 22.3 Å². The summed E-state index contributed by atoms with van der Waals surface area (Å²) >= 11 is 0. The predicted molar refractivity (Wildman–Crippen MR) is 84.0 cm³/mol. The summed E-state index contributed by atoms with van der Waals surface area (Å²) in [4.78, 5) is 10.9. The maximum absolute atomic E-state index is 13.7. The van der Waals surface area contributed by atoms with E-state index >= 15 is 0 Å². The molecule has 7 heteroatoms. The monoisotopic (exact) mass is 337 g/mol. The summed E-state index contributed by atoms with van der Waals surface area (Å²) in [6, 6.07) is 10.3. The first kappa shape index (κ1) is 17.1. The van der Waals surface area contributed by atoms with Crippen molar-refractivity contribution in [3.63, 3.8) is 0 Å². The Morgan fingerprint density at radius 3 is 2.52 bits per heavy atom. The Morgan fingerprint density at radius 1 is 1.17 bits per heavy atom. The number of aryl methyl sites for hydroxylation is 1. The first-order valence-corrected chi connectivity index (χ1v) is 8.47. The van der Waals surface area contributed by atoms with Crippen molar-refractivity contribution in [2.24, 2.45) is 0 Å². The van der Waals surface area contributed by atoms with E-state index in [2.05, 4.69) is 4.72 Å². The number of sulfonamides is 1. The second kappa shape index (κ2) is 6.89. The second-order valence-corrected chi connectivity index (χ2v) is 6.92. The Labute approximate surface area is 133 Å². The molecule has 0 heterocycles. The van der Waals surface area contributed by atoms with Crippen LogP contribution in [0.1, 0.15) is 27.0 Å². The number of carboxylic acids is 1. The molecular formula is C16H16FNO4S. The van der Waals surface area contributed by atoms with Gasteiger partial charge in [0, 0.05) is 12.1 Å². The van der Waals surface area contributed by atoms with Crippen LogP contribution in [-0.2, 0) is 22.3 Å². The quantitative estimate of drug-likeness (QED) is 0.848. The molecule has 0 aliphatic heterocycles. The zero-order valence-corrected chi connectivity index (χ0v) is 13.2. The van der Waals surface area contributed by atoms with Crippen LogP contribution in [0.5, 0.6) is 0 Å². The smallest absolute Gasteiger partial charge is 0.335 e. The van der Waals surface area contributed by atoms with Crippen molar-refractivity contribution >= 4 is 16.0 Å². The number of halogens is 1. The highest BCUT2D eigenvalue weighted by molar-refractivity contribution is 7.88. The van der Waals surface area contributed by atoms with Gasteiger partial charge in [0.15, 0.2) is 0 Å². The molecule has 0 atom stereocenters. The van der Waals surface area contributed by atoms with Gasteiger partial charge in [-0.3, -0.25) is 0 Å². The SMILES string of the molecule is Cc1ccccc1CS(=O)(=O)NCc1cc(C(=O)O)ccc1F. The van der Waals surface area contributed by atoms with Crippen LogP contribution in [0.4, 0.5) is 4.39 Å². The molecule has 2 rings (SSSR count). The minimum Gasteiger partial charge on any atom is -0.478 e. The molecule has 2 aromatic rings. The minimum absolute atomic E-state index is 0.0155. The lowest BCUT2D eigenvalue weighted by molar-refractivity contribution is 0.0696. The molecule has 5 nitrogen and oxygen atoms in total. The summed E-state index contributed by atoms with van der Waals surface area (Å²) in [5, 5.41) is 8.89. The molecule has 2 N–H and O–H groups in total. The van der Waals surface area contributed by atoms with Crippen LogP contribution in [-0.4, -0.2) is 19.5 Å². The van der Waals surface area contributed by atoms with E-state index in [4.69, 9.17) is 5.11 Å². The molecule has 0 unspecified atom stereocenters. The number of benzene rings is 2. The zero-order valence-electron chi connectivity index (χ0n) is 12.4. The third kappa shape index (κ3) is 4.61. The Balaban J connectivity index is 2.12. The van der Waals surface area contributed by atoms with Crippen molar-refractivity contribution in [2.45, 2.75) is 19.2 Å². The normalized spacial score (nSPS) is 11.4. The molecule has 0 aliphatic carbocycles. The largest absolute Gasteiger partial charge is 0.478 e. The van der Waals surface area contributed by atoms with E-state index in [1.165, 1.54) is 0 Å². The highest BCUT2D eigenvalue weighted by Gasteiger charge is 2.15. The van der Waals surface area contributed by atoms with Gasteiger partial charge in [-0.15, -0.1) is 0 Å². The third-order valence-corrected chi connectivity index (χ3v) is 4.66. The number of carbonyl (C=O) groups is 1. The van der Waals surface area contributed by atoms with Crippen LogP contribution in [0.2, 0.25) is 0 Å². The zero-order chi connectivity index (χ0) is 17.0. The number of rotatable bonds is 6. The van der Waals surface area contributed by atoms with E-state index in [0.29, 0.717) is 5.56 Å². The number of carboxylic acid groups (broad SMARTS) is 1. The number of hydrogen-bond donors (Lipinski definition) is 2. The molecule has 0 amide bonds. The van der Waals surface area contributed by atoms with Gasteiger partial charge < -0.3 is 5.11 Å². The third-order valence-electron chi connectivity index (χ3n) is 3.38. The van der Waals surface area contributed by atoms with Gasteiger partial charge >= 0.3 is 5.97 Å². The lowest BCUT2D eigenvalue weighted by Crippen LogP contribution is -2.25. The van der Waals surface area contributed by atoms with Crippen molar-refractivity contribution in [1.82, 2.24) is 4.72 Å². The maximum Gasteiger partial charge on any atom is 0.335 e. The molecule has 0 saturated heterocycles. The Morgan fingerprint density at radius 2 is 1.87 bits per heavy atom. The van der Waals surface area contributed by atoms with E-state index in [0.717, 1.165) is 23.8 Å². The summed E-state index contributed by atoms with van der Waals surface area (Å²) in [6.07, 6.45) is 0. The summed E-state index contributed by atoms with van der Waals surface area (Å²) in [5.74, 6) is -2.08. The van der Waals surface area contributed by atoms with Crippen LogP contribution >= 0.6 is 0 Å². The molecule has 0 radical (unpaired) electrons. The summed E-state index contributed by atoms with van der Waals surface area (Å²) in [7, 11) is -3.67. The number of hydrogen-bond acceptors (Lipinski definition) is 3. The molecule has 0 spiro atoms. The van der Waals surface area contributed by atoms with E-state index in [-0.39, 0.29) is 23.4 Å². The fourth-order valence-electron chi connectivity index (χ4n) is 2.06. The Bertz CT molecular complexity index is 834. The number of aromatic carboxylic acids is 1. The predicted octanol–water partition coefficient (Wildman–Crippen LogP) is 2.45. The average Bonchev–Trinajstić information content (AvgIpc) is 2.48. The molecular weight excluding hydrogens is 321 g/mol. The minimum atomic E-state index is -3.67. The highest BCUT2D eigenvalue weighted by atomic mass is 32.2. The van der Waals surface area contributed by atoms with Gasteiger partial charge in [0.25, 0.3) is 0 Å². The molecule has 0 aliphatic rings. The van der Waals surface area contributed by atoms with Gasteiger partial charge in [-0.1, -0.05) is 24.3 Å². The lowest BCUT2D eigenvalue weighted by atomic mass is 10.1. The Kier molecular flexibility index (Phi) is 5.12. The molecule has 122 valence electrons. The van der Waals surface area contributed by atoms with Crippen molar-refractivity contribution in [1.29, 1.82) is 0 Å². The van der Waals surface area contributed by atoms with Crippen molar-refractivity contribution in [2.75, 3.05) is 0 Å². The van der Waals surface area contributed by atoms with E-state index < -0.39 is 21.8 Å². The topological polar surface area (TPSA) is 83.5 Å². The maximum atomic E-state index is 13.7. The second-order valence-electron chi connectivity index (χ2n) is 5.12. The molecule has 0 fully saturated rings. The summed E-state index contributed by atoms with van der Waals surface area (Å²) < 4.78 is 40.2. The van der Waals surface area contributed by atoms with Crippen LogP contribution in [0.3, 0.4) is 0 Å². The number of nitrogens with one attached hydrogen (secondary N) is 1. The van der Waals surface area contributed by atoms with Gasteiger partial charge in [-0.05, 0) is 36.2 Å². The van der Waals surface area contributed by atoms with Gasteiger partial charge in [0.2, 0.25) is 10.0 Å². The van der Waals surface area contributed by atoms with Gasteiger partial charge in [-0.2, -0.15) is 0 Å². The van der Waals surface area contributed by atoms with E-state index in [1.54, 1.807) is 25.1 Å².